The van der Waals surface area contributed by atoms with E-state index in [0.29, 0.717) is 5.82 Å². The van der Waals surface area contributed by atoms with Crippen LogP contribution in [0.15, 0.2) is 24.3 Å². The number of aromatic nitrogens is 2. The number of aryl methyl sites for hydroxylation is 1. The molecule has 3 rings (SSSR count). The van der Waals surface area contributed by atoms with Crippen LogP contribution in [-0.2, 0) is 12.8 Å². The van der Waals surface area contributed by atoms with Gasteiger partial charge in [0.25, 0.3) is 0 Å². The fraction of sp³-hybridized carbons (Fsp3) is 0.308. The molecular weight excluding hydrogens is 198 g/mol. The second-order valence-electron chi connectivity index (χ2n) is 4.41. The minimum absolute atomic E-state index is 0.702. The Kier molecular flexibility index (Phi) is 1.99. The van der Waals surface area contributed by atoms with Crippen molar-refractivity contribution in [2.45, 2.75) is 26.2 Å². The van der Waals surface area contributed by atoms with Gasteiger partial charge in [-0.1, -0.05) is 17.7 Å². The summed E-state index contributed by atoms with van der Waals surface area (Å²) >= 11 is 0. The van der Waals surface area contributed by atoms with Gasteiger partial charge in [0.05, 0.1) is 5.69 Å². The van der Waals surface area contributed by atoms with Gasteiger partial charge >= 0.3 is 0 Å². The predicted molar refractivity (Wildman–Crippen MR) is 64.7 cm³/mol. The lowest BCUT2D eigenvalue weighted by atomic mass is 10.2. The summed E-state index contributed by atoms with van der Waals surface area (Å²) in [5.41, 5.74) is 10.8. The van der Waals surface area contributed by atoms with E-state index in [1.165, 1.54) is 23.2 Å². The number of hydrogen-bond donors (Lipinski definition) is 1. The number of rotatable bonds is 1. The highest BCUT2D eigenvalue weighted by Gasteiger charge is 2.21. The Morgan fingerprint density at radius 3 is 2.69 bits per heavy atom. The van der Waals surface area contributed by atoms with Crippen LogP contribution in [0.25, 0.3) is 5.69 Å². The summed E-state index contributed by atoms with van der Waals surface area (Å²) in [6.07, 6.45) is 3.36. The molecule has 2 aromatic rings. The Hall–Kier alpha value is -1.77. The molecule has 3 nitrogen and oxygen atoms in total. The van der Waals surface area contributed by atoms with Crippen molar-refractivity contribution in [2.24, 2.45) is 0 Å². The summed E-state index contributed by atoms with van der Waals surface area (Å²) in [6.45, 7) is 2.09. The molecule has 1 aromatic carbocycles. The molecule has 0 bridgehead atoms. The summed E-state index contributed by atoms with van der Waals surface area (Å²) in [4.78, 5) is 0. The Morgan fingerprint density at radius 2 is 1.94 bits per heavy atom. The molecule has 0 amide bonds. The highest BCUT2D eigenvalue weighted by Crippen LogP contribution is 2.28. The molecule has 0 atom stereocenters. The van der Waals surface area contributed by atoms with Gasteiger partial charge in [0.2, 0.25) is 0 Å². The first kappa shape index (κ1) is 9.46. The Morgan fingerprint density at radius 1 is 1.19 bits per heavy atom. The topological polar surface area (TPSA) is 43.8 Å². The Balaban J connectivity index is 2.13. The lowest BCUT2D eigenvalue weighted by molar-refractivity contribution is 0.788. The number of anilines is 1. The molecule has 0 aliphatic heterocycles. The van der Waals surface area contributed by atoms with E-state index >= 15 is 0 Å². The molecular formula is C13H15N3. The average Bonchev–Trinajstić information content (AvgIpc) is 2.84. The molecule has 1 heterocycles. The minimum Gasteiger partial charge on any atom is -0.382 e. The van der Waals surface area contributed by atoms with Gasteiger partial charge < -0.3 is 5.73 Å². The first-order valence-electron chi connectivity index (χ1n) is 5.69. The molecule has 3 heteroatoms. The lowest BCUT2D eigenvalue weighted by Gasteiger charge is -2.05. The van der Waals surface area contributed by atoms with Crippen LogP contribution in [0.1, 0.15) is 23.2 Å². The Labute approximate surface area is 94.9 Å². The van der Waals surface area contributed by atoms with Crippen molar-refractivity contribution >= 4 is 5.82 Å². The summed E-state index contributed by atoms with van der Waals surface area (Å²) in [5.74, 6) is 0.702. The van der Waals surface area contributed by atoms with Gasteiger partial charge in [-0.3, -0.25) is 0 Å². The monoisotopic (exact) mass is 213 g/mol. The number of nitrogens with zero attached hydrogens (tertiary/aromatic N) is 2. The normalized spacial score (nSPS) is 14.1. The zero-order chi connectivity index (χ0) is 11.1. The third-order valence-corrected chi connectivity index (χ3v) is 3.24. The highest BCUT2D eigenvalue weighted by atomic mass is 15.3. The summed E-state index contributed by atoms with van der Waals surface area (Å²) < 4.78 is 2.00. The van der Waals surface area contributed by atoms with Crippen LogP contribution in [0.4, 0.5) is 5.82 Å². The fourth-order valence-corrected chi connectivity index (χ4v) is 2.37. The first-order chi connectivity index (χ1) is 7.75. The molecule has 1 aliphatic rings. The van der Waals surface area contributed by atoms with E-state index < -0.39 is 0 Å². The van der Waals surface area contributed by atoms with Crippen LogP contribution in [0, 0.1) is 6.92 Å². The van der Waals surface area contributed by atoms with E-state index in [-0.39, 0.29) is 0 Å². The van der Waals surface area contributed by atoms with Gasteiger partial charge in [0, 0.05) is 11.3 Å². The molecule has 82 valence electrons. The van der Waals surface area contributed by atoms with Gasteiger partial charge in [-0.15, -0.1) is 0 Å². The molecule has 0 fully saturated rings. The van der Waals surface area contributed by atoms with E-state index in [2.05, 4.69) is 36.3 Å². The van der Waals surface area contributed by atoms with Gasteiger partial charge in [0.1, 0.15) is 5.82 Å². The molecule has 2 N–H and O–H groups in total. The van der Waals surface area contributed by atoms with Crippen molar-refractivity contribution in [3.8, 4) is 5.69 Å². The molecule has 1 aliphatic carbocycles. The molecule has 0 unspecified atom stereocenters. The van der Waals surface area contributed by atoms with Gasteiger partial charge in [0.15, 0.2) is 0 Å². The number of fused-ring (bicyclic) bond motifs is 1. The summed E-state index contributed by atoms with van der Waals surface area (Å²) in [5, 5.41) is 4.43. The number of nitrogens with two attached hydrogens (primary N) is 1. The van der Waals surface area contributed by atoms with Crippen LogP contribution < -0.4 is 5.73 Å². The van der Waals surface area contributed by atoms with Crippen molar-refractivity contribution < 1.29 is 0 Å². The van der Waals surface area contributed by atoms with Gasteiger partial charge in [-0.25, -0.2) is 4.68 Å². The first-order valence-corrected chi connectivity index (χ1v) is 5.69. The maximum absolute atomic E-state index is 5.93. The van der Waals surface area contributed by atoms with Gasteiger partial charge in [-0.05, 0) is 38.3 Å². The fourth-order valence-electron chi connectivity index (χ4n) is 2.37. The Bertz CT molecular complexity index is 523. The summed E-state index contributed by atoms with van der Waals surface area (Å²) in [7, 11) is 0. The molecule has 1 aromatic heterocycles. The SMILES string of the molecule is Cc1ccc(-n2nc(N)c3c2CCC3)cc1. The van der Waals surface area contributed by atoms with Crippen molar-refractivity contribution in [1.82, 2.24) is 9.78 Å². The molecule has 0 radical (unpaired) electrons. The maximum atomic E-state index is 5.93. The van der Waals surface area contributed by atoms with E-state index in [1.807, 2.05) is 4.68 Å². The van der Waals surface area contributed by atoms with Crippen molar-refractivity contribution in [3.05, 3.63) is 41.1 Å². The standard InChI is InChI=1S/C13H15N3/c1-9-5-7-10(8-6-9)16-12-4-2-3-11(12)13(14)15-16/h5-8H,2-4H2,1H3,(H2,14,15). The van der Waals surface area contributed by atoms with Crippen molar-refractivity contribution in [3.63, 3.8) is 0 Å². The second-order valence-corrected chi connectivity index (χ2v) is 4.41. The average molecular weight is 213 g/mol. The van der Waals surface area contributed by atoms with Gasteiger partial charge in [-0.2, -0.15) is 5.10 Å². The molecule has 16 heavy (non-hydrogen) atoms. The maximum Gasteiger partial charge on any atom is 0.149 e. The van der Waals surface area contributed by atoms with E-state index in [1.54, 1.807) is 0 Å². The third-order valence-electron chi connectivity index (χ3n) is 3.24. The van der Waals surface area contributed by atoms with Crippen LogP contribution >= 0.6 is 0 Å². The van der Waals surface area contributed by atoms with Crippen molar-refractivity contribution in [1.29, 1.82) is 0 Å². The van der Waals surface area contributed by atoms with Crippen LogP contribution in [0.5, 0.6) is 0 Å². The third kappa shape index (κ3) is 1.32. The van der Waals surface area contributed by atoms with Crippen LogP contribution in [0.3, 0.4) is 0 Å². The predicted octanol–water partition coefficient (Wildman–Crippen LogP) is 2.25. The quantitative estimate of drug-likeness (QED) is 0.789. The number of hydrogen-bond acceptors (Lipinski definition) is 2. The molecule has 0 spiro atoms. The molecule has 0 saturated carbocycles. The van der Waals surface area contributed by atoms with Crippen LogP contribution in [0.2, 0.25) is 0 Å². The number of nitrogen functional groups attached to an aromatic ring is 1. The second kappa shape index (κ2) is 3.37. The lowest BCUT2D eigenvalue weighted by Crippen LogP contribution is -2.01. The van der Waals surface area contributed by atoms with Crippen molar-refractivity contribution in [2.75, 3.05) is 5.73 Å². The summed E-state index contributed by atoms with van der Waals surface area (Å²) in [6, 6.07) is 8.41. The molecule has 0 saturated heterocycles. The smallest absolute Gasteiger partial charge is 0.149 e. The zero-order valence-corrected chi connectivity index (χ0v) is 9.40. The minimum atomic E-state index is 0.702. The largest absolute Gasteiger partial charge is 0.382 e. The van der Waals surface area contributed by atoms with E-state index in [0.717, 1.165) is 18.5 Å². The number of benzene rings is 1. The van der Waals surface area contributed by atoms with E-state index in [9.17, 15) is 0 Å². The van der Waals surface area contributed by atoms with Crippen LogP contribution in [-0.4, -0.2) is 9.78 Å². The highest BCUT2D eigenvalue weighted by molar-refractivity contribution is 5.49. The zero-order valence-electron chi connectivity index (χ0n) is 9.40. The van der Waals surface area contributed by atoms with E-state index in [4.69, 9.17) is 5.73 Å².